The lowest BCUT2D eigenvalue weighted by Crippen LogP contribution is -2.37. The van der Waals surface area contributed by atoms with Crippen LogP contribution in [-0.4, -0.2) is 22.2 Å². The third-order valence-corrected chi connectivity index (χ3v) is 2.81. The number of thioether (sulfide) groups is 1. The van der Waals surface area contributed by atoms with Crippen LogP contribution >= 0.6 is 11.8 Å². The van der Waals surface area contributed by atoms with E-state index in [4.69, 9.17) is 0 Å². The molecular weight excluding hydrogens is 238 g/mol. The van der Waals surface area contributed by atoms with Crippen LogP contribution in [0, 0.1) is 0 Å². The molecule has 1 N–H and O–H groups in total. The van der Waals surface area contributed by atoms with E-state index in [0.717, 1.165) is 11.8 Å². The van der Waals surface area contributed by atoms with Crippen molar-refractivity contribution in [3.8, 4) is 0 Å². The summed E-state index contributed by atoms with van der Waals surface area (Å²) in [7, 11) is 0. The van der Waals surface area contributed by atoms with Crippen molar-refractivity contribution in [2.75, 3.05) is 0 Å². The monoisotopic (exact) mass is 251 g/mol. The predicted molar refractivity (Wildman–Crippen MR) is 66.6 cm³/mol. The number of rotatable bonds is 4. The van der Waals surface area contributed by atoms with Crippen LogP contribution in [0.4, 0.5) is 0 Å². The van der Waals surface area contributed by atoms with E-state index in [-0.39, 0.29) is 16.8 Å². The number of ketones is 1. The summed E-state index contributed by atoms with van der Waals surface area (Å²) in [4.78, 5) is 34.0. The van der Waals surface area contributed by atoms with Gasteiger partial charge >= 0.3 is 0 Å². The highest BCUT2D eigenvalue weighted by Crippen LogP contribution is 2.15. The number of Topliss-reactive ketones (excluding diaryl/α,β-unsaturated/α-hetero) is 1. The van der Waals surface area contributed by atoms with E-state index in [2.05, 4.69) is 5.32 Å². The van der Waals surface area contributed by atoms with E-state index < -0.39 is 5.37 Å². The first-order valence-corrected chi connectivity index (χ1v) is 5.92. The molecule has 0 unspecified atom stereocenters. The fraction of sp³-hybridized carbons (Fsp3) is 0.250. The first kappa shape index (κ1) is 13.4. The van der Waals surface area contributed by atoms with E-state index in [9.17, 15) is 14.4 Å². The molecule has 1 rings (SSSR count). The highest BCUT2D eigenvalue weighted by atomic mass is 32.2. The van der Waals surface area contributed by atoms with Gasteiger partial charge in [-0.1, -0.05) is 42.1 Å². The summed E-state index contributed by atoms with van der Waals surface area (Å²) in [5, 5.41) is 1.39. The molecule has 0 saturated heterocycles. The van der Waals surface area contributed by atoms with Gasteiger partial charge in [-0.05, 0) is 0 Å². The van der Waals surface area contributed by atoms with Crippen molar-refractivity contribution in [1.29, 1.82) is 0 Å². The minimum Gasteiger partial charge on any atom is -0.337 e. The highest BCUT2D eigenvalue weighted by Gasteiger charge is 2.22. The third-order valence-electron chi connectivity index (χ3n) is 1.91. The number of benzene rings is 1. The topological polar surface area (TPSA) is 63.2 Å². The Balaban J connectivity index is 2.86. The maximum Gasteiger partial charge on any atom is 0.218 e. The zero-order valence-corrected chi connectivity index (χ0v) is 10.4. The first-order chi connectivity index (χ1) is 8.00. The van der Waals surface area contributed by atoms with Crippen LogP contribution in [0.1, 0.15) is 24.2 Å². The second-order valence-corrected chi connectivity index (χ2v) is 4.70. The number of carbonyl (C=O) groups excluding carboxylic acids is 3. The lowest BCUT2D eigenvalue weighted by atomic mass is 10.1. The van der Waals surface area contributed by atoms with E-state index >= 15 is 0 Å². The summed E-state index contributed by atoms with van der Waals surface area (Å²) < 4.78 is 0. The number of nitrogens with one attached hydrogen (secondary N) is 1. The average molecular weight is 251 g/mol. The van der Waals surface area contributed by atoms with E-state index in [1.54, 1.807) is 30.3 Å². The molecular formula is C12H13NO3S. The van der Waals surface area contributed by atoms with E-state index in [1.807, 2.05) is 0 Å². The van der Waals surface area contributed by atoms with Gasteiger partial charge in [-0.3, -0.25) is 14.4 Å². The molecule has 90 valence electrons. The standard InChI is InChI=1S/C12H13NO3S/c1-8(14)13-12(17-9(2)15)11(16)10-6-4-3-5-7-10/h3-7,12H,1-2H3,(H,13,14)/t12-/m0/s1. The Morgan fingerprint density at radius 1 is 1.12 bits per heavy atom. The van der Waals surface area contributed by atoms with Gasteiger partial charge in [-0.15, -0.1) is 0 Å². The largest absolute Gasteiger partial charge is 0.337 e. The molecule has 0 saturated carbocycles. The fourth-order valence-electron chi connectivity index (χ4n) is 1.25. The molecule has 0 spiro atoms. The Morgan fingerprint density at radius 2 is 1.71 bits per heavy atom. The van der Waals surface area contributed by atoms with Crippen LogP contribution in [0.5, 0.6) is 0 Å². The number of hydrogen-bond acceptors (Lipinski definition) is 4. The zero-order chi connectivity index (χ0) is 12.8. The molecule has 0 heterocycles. The Morgan fingerprint density at radius 3 is 2.18 bits per heavy atom. The van der Waals surface area contributed by atoms with Gasteiger partial charge in [0.25, 0.3) is 0 Å². The second-order valence-electron chi connectivity index (χ2n) is 3.42. The van der Waals surface area contributed by atoms with Crippen LogP contribution in [0.15, 0.2) is 30.3 Å². The number of carbonyl (C=O) groups is 3. The molecule has 4 nitrogen and oxygen atoms in total. The fourth-order valence-corrected chi connectivity index (χ4v) is 2.05. The summed E-state index contributed by atoms with van der Waals surface area (Å²) in [6, 6.07) is 8.56. The van der Waals surface area contributed by atoms with E-state index in [0.29, 0.717) is 5.56 Å². The second kappa shape index (κ2) is 6.20. The summed E-state index contributed by atoms with van der Waals surface area (Å²) >= 11 is 0.810. The first-order valence-electron chi connectivity index (χ1n) is 5.04. The quantitative estimate of drug-likeness (QED) is 0.652. The van der Waals surface area contributed by atoms with Crippen molar-refractivity contribution >= 4 is 28.6 Å². The molecule has 0 radical (unpaired) electrons. The van der Waals surface area contributed by atoms with Crippen molar-refractivity contribution in [2.45, 2.75) is 19.2 Å². The maximum absolute atomic E-state index is 12.0. The summed E-state index contributed by atoms with van der Waals surface area (Å²) in [6.45, 7) is 2.67. The number of amides is 1. The smallest absolute Gasteiger partial charge is 0.218 e. The highest BCUT2D eigenvalue weighted by molar-refractivity contribution is 8.14. The molecule has 0 bridgehead atoms. The molecule has 1 atom stereocenters. The van der Waals surface area contributed by atoms with Crippen LogP contribution in [0.3, 0.4) is 0 Å². The van der Waals surface area contributed by atoms with Gasteiger partial charge in [-0.2, -0.15) is 0 Å². The van der Waals surface area contributed by atoms with Gasteiger partial charge in [0.15, 0.2) is 10.9 Å². The Kier molecular flexibility index (Phi) is 4.90. The normalized spacial score (nSPS) is 11.6. The minimum atomic E-state index is -0.854. The van der Waals surface area contributed by atoms with Gasteiger partial charge in [0, 0.05) is 19.4 Å². The zero-order valence-electron chi connectivity index (χ0n) is 9.60. The summed E-state index contributed by atoms with van der Waals surface area (Å²) in [5.74, 6) is -0.617. The van der Waals surface area contributed by atoms with Crippen molar-refractivity contribution < 1.29 is 14.4 Å². The van der Waals surface area contributed by atoms with Crippen molar-refractivity contribution in [2.24, 2.45) is 0 Å². The Hall–Kier alpha value is -1.62. The predicted octanol–water partition coefficient (Wildman–Crippen LogP) is 1.61. The summed E-state index contributed by atoms with van der Waals surface area (Å²) in [5.41, 5.74) is 0.472. The van der Waals surface area contributed by atoms with Gasteiger partial charge in [-0.25, -0.2) is 0 Å². The van der Waals surface area contributed by atoms with Gasteiger partial charge in [0.1, 0.15) is 5.37 Å². The summed E-state index contributed by atoms with van der Waals surface area (Å²) in [6.07, 6.45) is 0. The molecule has 0 aliphatic rings. The lowest BCUT2D eigenvalue weighted by Gasteiger charge is -2.14. The van der Waals surface area contributed by atoms with Crippen LogP contribution in [0.2, 0.25) is 0 Å². The van der Waals surface area contributed by atoms with Gasteiger partial charge < -0.3 is 5.32 Å². The molecule has 5 heteroatoms. The van der Waals surface area contributed by atoms with Gasteiger partial charge in [0.2, 0.25) is 5.91 Å². The minimum absolute atomic E-state index is 0.215. The molecule has 0 fully saturated rings. The van der Waals surface area contributed by atoms with Gasteiger partial charge in [0.05, 0.1) is 0 Å². The molecule has 17 heavy (non-hydrogen) atoms. The molecule has 1 amide bonds. The average Bonchev–Trinajstić information content (AvgIpc) is 2.27. The Bertz CT molecular complexity index is 415. The van der Waals surface area contributed by atoms with Crippen LogP contribution < -0.4 is 5.32 Å². The SMILES string of the molecule is CC(=O)N[C@@H](SC(C)=O)C(=O)c1ccccc1. The van der Waals surface area contributed by atoms with Crippen molar-refractivity contribution in [3.05, 3.63) is 35.9 Å². The molecule has 0 aliphatic carbocycles. The van der Waals surface area contributed by atoms with Crippen LogP contribution in [0.25, 0.3) is 0 Å². The molecule has 0 aliphatic heterocycles. The third kappa shape index (κ3) is 4.40. The molecule has 1 aromatic carbocycles. The number of hydrogen-bond donors (Lipinski definition) is 1. The van der Waals surface area contributed by atoms with E-state index in [1.165, 1.54) is 13.8 Å². The van der Waals surface area contributed by atoms with Crippen LogP contribution in [-0.2, 0) is 9.59 Å². The maximum atomic E-state index is 12.0. The lowest BCUT2D eigenvalue weighted by molar-refractivity contribution is -0.118. The molecule has 0 aromatic heterocycles. The van der Waals surface area contributed by atoms with Crippen molar-refractivity contribution in [1.82, 2.24) is 5.32 Å². The Labute approximate surface area is 104 Å². The molecule has 1 aromatic rings. The van der Waals surface area contributed by atoms with Crippen molar-refractivity contribution in [3.63, 3.8) is 0 Å².